The number of nitrogens with zero attached hydrogens (tertiary/aromatic N) is 1. The normalized spacial score (nSPS) is 10.1. The van der Waals surface area contributed by atoms with E-state index in [9.17, 15) is 24.5 Å². The fourth-order valence-electron chi connectivity index (χ4n) is 2.39. The molecule has 0 aromatic heterocycles. The van der Waals surface area contributed by atoms with Crippen LogP contribution in [0, 0.1) is 24.0 Å². The standard InChI is InChI=1S/C19H19N3O5/c1-12-3-4-13(2)16(11-12)17(23)9-10-18(24)20-21-19(25)14-5-7-15(8-6-14)22(26)27/h3-8,11H,9-10H2,1-2H3,(H,20,24)(H,21,25). The number of nitro benzene ring substituents is 1. The second kappa shape index (κ2) is 8.70. The lowest BCUT2D eigenvalue weighted by Gasteiger charge is -2.08. The molecule has 0 heterocycles. The molecule has 0 radical (unpaired) electrons. The first kappa shape index (κ1) is 19.8. The predicted molar refractivity (Wildman–Crippen MR) is 98.2 cm³/mol. The molecule has 2 aromatic rings. The number of aryl methyl sites for hydroxylation is 2. The van der Waals surface area contributed by atoms with Crippen molar-refractivity contribution in [3.8, 4) is 0 Å². The molecule has 0 fully saturated rings. The summed E-state index contributed by atoms with van der Waals surface area (Å²) in [6, 6.07) is 10.5. The highest BCUT2D eigenvalue weighted by Crippen LogP contribution is 2.14. The first-order valence-electron chi connectivity index (χ1n) is 8.22. The van der Waals surface area contributed by atoms with Crippen LogP contribution in [-0.2, 0) is 4.79 Å². The molecule has 0 saturated carbocycles. The molecule has 140 valence electrons. The van der Waals surface area contributed by atoms with Crippen LogP contribution in [0.5, 0.6) is 0 Å². The van der Waals surface area contributed by atoms with Gasteiger partial charge < -0.3 is 0 Å². The van der Waals surface area contributed by atoms with Gasteiger partial charge in [0.05, 0.1) is 4.92 Å². The highest BCUT2D eigenvalue weighted by Gasteiger charge is 2.13. The smallest absolute Gasteiger partial charge is 0.269 e. The third-order valence-electron chi connectivity index (χ3n) is 3.93. The van der Waals surface area contributed by atoms with Gasteiger partial charge in [-0.05, 0) is 37.6 Å². The molecule has 0 unspecified atom stereocenters. The Kier molecular flexibility index (Phi) is 6.37. The molecule has 0 aliphatic heterocycles. The number of nitro groups is 1. The zero-order valence-corrected chi connectivity index (χ0v) is 14.9. The molecule has 2 aromatic carbocycles. The summed E-state index contributed by atoms with van der Waals surface area (Å²) in [5.74, 6) is -1.27. The average molecular weight is 369 g/mol. The van der Waals surface area contributed by atoms with E-state index in [4.69, 9.17) is 0 Å². The number of hydrogen-bond donors (Lipinski definition) is 2. The summed E-state index contributed by atoms with van der Waals surface area (Å²) in [6.07, 6.45) is -0.0592. The maximum atomic E-state index is 12.2. The first-order valence-corrected chi connectivity index (χ1v) is 8.22. The second-order valence-corrected chi connectivity index (χ2v) is 6.05. The number of non-ortho nitro benzene ring substituents is 1. The molecule has 8 heteroatoms. The van der Waals surface area contributed by atoms with Crippen LogP contribution in [0.25, 0.3) is 0 Å². The Labute approximate surface area is 155 Å². The number of rotatable bonds is 6. The number of Topliss-reactive ketones (excluding diaryl/α,β-unsaturated/α-hetero) is 1. The number of amides is 2. The minimum atomic E-state index is -0.612. The Hall–Kier alpha value is -3.55. The van der Waals surface area contributed by atoms with Gasteiger partial charge in [-0.25, -0.2) is 0 Å². The Morgan fingerprint density at radius 2 is 1.63 bits per heavy atom. The van der Waals surface area contributed by atoms with Crippen molar-refractivity contribution in [2.75, 3.05) is 0 Å². The Balaban J connectivity index is 1.83. The molecule has 0 bridgehead atoms. The monoisotopic (exact) mass is 369 g/mol. The molecule has 8 nitrogen and oxygen atoms in total. The van der Waals surface area contributed by atoms with Gasteiger partial charge in [-0.15, -0.1) is 0 Å². The van der Waals surface area contributed by atoms with E-state index in [-0.39, 0.29) is 29.9 Å². The van der Waals surface area contributed by atoms with Crippen molar-refractivity contribution in [2.24, 2.45) is 0 Å². The van der Waals surface area contributed by atoms with Crippen LogP contribution >= 0.6 is 0 Å². The maximum Gasteiger partial charge on any atom is 0.269 e. The summed E-state index contributed by atoms with van der Waals surface area (Å²) < 4.78 is 0. The van der Waals surface area contributed by atoms with E-state index >= 15 is 0 Å². The Bertz CT molecular complexity index is 891. The van der Waals surface area contributed by atoms with Crippen LogP contribution < -0.4 is 10.9 Å². The Morgan fingerprint density at radius 1 is 0.963 bits per heavy atom. The van der Waals surface area contributed by atoms with Gasteiger partial charge in [0.15, 0.2) is 5.78 Å². The SMILES string of the molecule is Cc1ccc(C)c(C(=O)CCC(=O)NNC(=O)c2ccc([N+](=O)[O-])cc2)c1. The number of hydrogen-bond acceptors (Lipinski definition) is 5. The fraction of sp³-hybridized carbons (Fsp3) is 0.211. The van der Waals surface area contributed by atoms with Crippen molar-refractivity contribution in [3.63, 3.8) is 0 Å². The molecular formula is C19H19N3O5. The maximum absolute atomic E-state index is 12.2. The molecular weight excluding hydrogens is 350 g/mol. The van der Waals surface area contributed by atoms with Gasteiger partial charge in [0.25, 0.3) is 11.6 Å². The van der Waals surface area contributed by atoms with Gasteiger partial charge in [-0.3, -0.25) is 35.3 Å². The fourth-order valence-corrected chi connectivity index (χ4v) is 2.39. The van der Waals surface area contributed by atoms with E-state index in [2.05, 4.69) is 10.9 Å². The largest absolute Gasteiger partial charge is 0.294 e. The van der Waals surface area contributed by atoms with Gasteiger partial charge in [-0.2, -0.15) is 0 Å². The zero-order valence-electron chi connectivity index (χ0n) is 14.9. The minimum Gasteiger partial charge on any atom is -0.294 e. The van der Waals surface area contributed by atoms with Gasteiger partial charge in [-0.1, -0.05) is 17.7 Å². The summed E-state index contributed by atoms with van der Waals surface area (Å²) in [6.45, 7) is 3.72. The molecule has 0 aliphatic rings. The third-order valence-corrected chi connectivity index (χ3v) is 3.93. The number of hydrazine groups is 1. The number of carbonyl (C=O) groups is 3. The highest BCUT2D eigenvalue weighted by atomic mass is 16.6. The van der Waals surface area contributed by atoms with Crippen LogP contribution in [0.2, 0.25) is 0 Å². The number of benzene rings is 2. The molecule has 2 rings (SSSR count). The summed E-state index contributed by atoms with van der Waals surface area (Å²) in [5.41, 5.74) is 6.85. The molecule has 2 N–H and O–H groups in total. The minimum absolute atomic E-state index is 0.0174. The quantitative estimate of drug-likeness (QED) is 0.461. The van der Waals surface area contributed by atoms with Crippen molar-refractivity contribution in [1.82, 2.24) is 10.9 Å². The van der Waals surface area contributed by atoms with Crippen LogP contribution in [0.15, 0.2) is 42.5 Å². The third kappa shape index (κ3) is 5.46. The van der Waals surface area contributed by atoms with Gasteiger partial charge in [0.1, 0.15) is 0 Å². The van der Waals surface area contributed by atoms with E-state index in [1.807, 2.05) is 26.0 Å². The van der Waals surface area contributed by atoms with Crippen molar-refractivity contribution in [1.29, 1.82) is 0 Å². The zero-order chi connectivity index (χ0) is 20.0. The summed E-state index contributed by atoms with van der Waals surface area (Å²) >= 11 is 0. The molecule has 0 saturated heterocycles. The average Bonchev–Trinajstić information content (AvgIpc) is 2.66. The lowest BCUT2D eigenvalue weighted by atomic mass is 9.99. The topological polar surface area (TPSA) is 118 Å². The van der Waals surface area contributed by atoms with E-state index in [1.165, 1.54) is 24.3 Å². The lowest BCUT2D eigenvalue weighted by molar-refractivity contribution is -0.384. The van der Waals surface area contributed by atoms with Crippen LogP contribution in [0.1, 0.15) is 44.7 Å². The van der Waals surface area contributed by atoms with E-state index in [0.29, 0.717) is 5.56 Å². The highest BCUT2D eigenvalue weighted by molar-refractivity contribution is 6.00. The van der Waals surface area contributed by atoms with Gasteiger partial charge >= 0.3 is 0 Å². The first-order chi connectivity index (χ1) is 12.8. The lowest BCUT2D eigenvalue weighted by Crippen LogP contribution is -2.41. The van der Waals surface area contributed by atoms with Crippen LogP contribution in [0.3, 0.4) is 0 Å². The predicted octanol–water partition coefficient (Wildman–Crippen LogP) is 2.64. The number of ketones is 1. The van der Waals surface area contributed by atoms with E-state index in [1.54, 1.807) is 6.07 Å². The van der Waals surface area contributed by atoms with Gasteiger partial charge in [0, 0.05) is 36.1 Å². The summed E-state index contributed by atoms with van der Waals surface area (Å²) in [7, 11) is 0. The van der Waals surface area contributed by atoms with E-state index in [0.717, 1.165) is 11.1 Å². The van der Waals surface area contributed by atoms with Crippen molar-refractivity contribution in [2.45, 2.75) is 26.7 Å². The summed E-state index contributed by atoms with van der Waals surface area (Å²) in [4.78, 5) is 46.0. The van der Waals surface area contributed by atoms with Crippen molar-refractivity contribution in [3.05, 3.63) is 74.8 Å². The molecule has 0 spiro atoms. The van der Waals surface area contributed by atoms with Crippen LogP contribution in [0.4, 0.5) is 5.69 Å². The molecule has 27 heavy (non-hydrogen) atoms. The van der Waals surface area contributed by atoms with Crippen molar-refractivity contribution < 1.29 is 19.3 Å². The number of nitrogens with one attached hydrogen (secondary N) is 2. The molecule has 0 aliphatic carbocycles. The molecule has 2 amide bonds. The van der Waals surface area contributed by atoms with E-state index < -0.39 is 16.7 Å². The second-order valence-electron chi connectivity index (χ2n) is 6.05. The summed E-state index contributed by atoms with van der Waals surface area (Å²) in [5, 5.41) is 10.6. The van der Waals surface area contributed by atoms with Gasteiger partial charge in [0.2, 0.25) is 5.91 Å². The van der Waals surface area contributed by atoms with Crippen molar-refractivity contribution >= 4 is 23.3 Å². The Morgan fingerprint density at radius 3 is 2.26 bits per heavy atom. The van der Waals surface area contributed by atoms with Crippen LogP contribution in [-0.4, -0.2) is 22.5 Å². The number of carbonyl (C=O) groups excluding carboxylic acids is 3. The molecule has 0 atom stereocenters.